The molecule has 176 valence electrons. The minimum absolute atomic E-state index is 0.0326. The number of hydrogen-bond donors (Lipinski definition) is 0. The fourth-order valence-electron chi connectivity index (χ4n) is 5.49. The monoisotopic (exact) mass is 473 g/mol. The molecule has 1 atom stereocenters. The molecule has 0 aromatic heterocycles. The number of halogens is 3. The van der Waals surface area contributed by atoms with Gasteiger partial charge in [-0.05, 0) is 28.8 Å². The van der Waals surface area contributed by atoms with Crippen LogP contribution in [0.4, 0.5) is 18.9 Å². The van der Waals surface area contributed by atoms with E-state index in [1.54, 1.807) is 6.07 Å². The van der Waals surface area contributed by atoms with Crippen molar-refractivity contribution in [2.75, 3.05) is 18.1 Å². The number of hydrogen-bond acceptors (Lipinski definition) is 3. The van der Waals surface area contributed by atoms with Crippen molar-refractivity contribution in [2.45, 2.75) is 17.8 Å². The fourth-order valence-corrected chi connectivity index (χ4v) is 5.49. The Bertz CT molecular complexity index is 1320. The molecule has 0 bridgehead atoms. The molecule has 2 heterocycles. The van der Waals surface area contributed by atoms with E-state index in [1.165, 1.54) is 23.3 Å². The number of nitrogens with zero attached hydrogens (tertiary/aromatic N) is 1. The number of ether oxygens (including phenoxy) is 2. The van der Waals surface area contributed by atoms with Gasteiger partial charge in [-0.3, -0.25) is 0 Å². The molecule has 3 nitrogen and oxygen atoms in total. The average Bonchev–Trinajstić information content (AvgIpc) is 3.38. The van der Waals surface area contributed by atoms with E-state index < -0.39 is 11.8 Å². The maximum Gasteiger partial charge on any atom is 0.573 e. The van der Waals surface area contributed by atoms with Gasteiger partial charge in [0.25, 0.3) is 0 Å². The van der Waals surface area contributed by atoms with Gasteiger partial charge in [0.15, 0.2) is 0 Å². The van der Waals surface area contributed by atoms with E-state index in [2.05, 4.69) is 46.0 Å². The first-order chi connectivity index (χ1) is 16.9. The molecular weight excluding hydrogens is 451 g/mol. The molecule has 0 saturated carbocycles. The first-order valence-corrected chi connectivity index (χ1v) is 11.4. The summed E-state index contributed by atoms with van der Waals surface area (Å²) in [5, 5.41) is 0. The van der Waals surface area contributed by atoms with Crippen LogP contribution in [0.5, 0.6) is 11.5 Å². The van der Waals surface area contributed by atoms with Crippen molar-refractivity contribution in [3.63, 3.8) is 0 Å². The Morgan fingerprint density at radius 1 is 0.771 bits per heavy atom. The molecule has 0 radical (unpaired) electrons. The number of rotatable bonds is 4. The summed E-state index contributed by atoms with van der Waals surface area (Å²) in [7, 11) is 0. The normalized spacial score (nSPS) is 18.5. The zero-order valence-electron chi connectivity index (χ0n) is 18.7. The van der Waals surface area contributed by atoms with Gasteiger partial charge in [-0.25, -0.2) is 0 Å². The van der Waals surface area contributed by atoms with Crippen molar-refractivity contribution < 1.29 is 22.6 Å². The topological polar surface area (TPSA) is 21.7 Å². The molecule has 0 fully saturated rings. The van der Waals surface area contributed by atoms with E-state index in [9.17, 15) is 13.2 Å². The Morgan fingerprint density at radius 3 is 2.06 bits per heavy atom. The highest BCUT2D eigenvalue weighted by Crippen LogP contribution is 2.54. The predicted molar refractivity (Wildman–Crippen MR) is 128 cm³/mol. The van der Waals surface area contributed by atoms with Gasteiger partial charge >= 0.3 is 6.36 Å². The van der Waals surface area contributed by atoms with Crippen LogP contribution >= 0.6 is 0 Å². The standard InChI is InChI=1S/C29H22F3NO2/c30-29(31,32)35-22-15-16-24-26(17-22)34-19-28(24)18-33(25-14-8-7-13-23(25)28)27(20-9-3-1-4-10-20)21-11-5-2-6-12-21/h1-17,27H,18-19H2. The lowest BCUT2D eigenvalue weighted by Crippen LogP contribution is -2.38. The van der Waals surface area contributed by atoms with E-state index >= 15 is 0 Å². The molecule has 0 amide bonds. The van der Waals surface area contributed by atoms with Gasteiger partial charge in [0.05, 0.1) is 11.5 Å². The Balaban J connectivity index is 1.47. The van der Waals surface area contributed by atoms with E-state index in [1.807, 2.05) is 48.5 Å². The predicted octanol–water partition coefficient (Wildman–Crippen LogP) is 6.87. The minimum Gasteiger partial charge on any atom is -0.492 e. The molecule has 1 spiro atoms. The molecule has 0 N–H and O–H groups in total. The Kier molecular flexibility index (Phi) is 4.99. The highest BCUT2D eigenvalue weighted by atomic mass is 19.4. The van der Waals surface area contributed by atoms with Crippen molar-refractivity contribution in [2.24, 2.45) is 0 Å². The summed E-state index contributed by atoms with van der Waals surface area (Å²) in [4.78, 5) is 2.39. The van der Waals surface area contributed by atoms with Crippen molar-refractivity contribution >= 4 is 5.69 Å². The largest absolute Gasteiger partial charge is 0.573 e. The average molecular weight is 473 g/mol. The van der Waals surface area contributed by atoms with E-state index in [4.69, 9.17) is 4.74 Å². The van der Waals surface area contributed by atoms with Crippen LogP contribution in [0.15, 0.2) is 103 Å². The molecule has 0 aliphatic carbocycles. The van der Waals surface area contributed by atoms with Gasteiger partial charge in [0.1, 0.15) is 18.1 Å². The molecule has 2 aliphatic rings. The second-order valence-corrected chi connectivity index (χ2v) is 8.95. The third-order valence-electron chi connectivity index (χ3n) is 6.89. The summed E-state index contributed by atoms with van der Waals surface area (Å²) in [6.45, 7) is 0.981. The molecule has 6 heteroatoms. The first-order valence-electron chi connectivity index (χ1n) is 11.4. The van der Waals surface area contributed by atoms with E-state index in [0.29, 0.717) is 18.9 Å². The zero-order valence-corrected chi connectivity index (χ0v) is 18.7. The zero-order chi connectivity index (χ0) is 24.0. The minimum atomic E-state index is -4.75. The van der Waals surface area contributed by atoms with Crippen LogP contribution in [0.25, 0.3) is 0 Å². The van der Waals surface area contributed by atoms with Gasteiger partial charge in [0.2, 0.25) is 0 Å². The first kappa shape index (κ1) is 21.6. The second kappa shape index (κ2) is 8.08. The molecule has 6 rings (SSSR count). The van der Waals surface area contributed by atoms with Crippen LogP contribution in [0.3, 0.4) is 0 Å². The highest BCUT2D eigenvalue weighted by Gasteiger charge is 2.51. The van der Waals surface area contributed by atoms with Crippen LogP contribution in [0.1, 0.15) is 28.3 Å². The Labute approximate surface area is 201 Å². The number of benzene rings is 4. The van der Waals surface area contributed by atoms with Gasteiger partial charge in [-0.2, -0.15) is 0 Å². The summed E-state index contributed by atoms with van der Waals surface area (Å²) in [5.74, 6) is 0.155. The Hall–Kier alpha value is -3.93. The van der Waals surface area contributed by atoms with Gasteiger partial charge in [-0.15, -0.1) is 13.2 Å². The van der Waals surface area contributed by atoms with Crippen molar-refractivity contribution in [3.8, 4) is 11.5 Å². The van der Waals surface area contributed by atoms with Crippen LogP contribution in [-0.4, -0.2) is 19.5 Å². The summed E-state index contributed by atoms with van der Waals surface area (Å²) in [5.41, 5.74) is 4.92. The van der Waals surface area contributed by atoms with E-state index in [-0.39, 0.29) is 11.8 Å². The summed E-state index contributed by atoms with van der Waals surface area (Å²) < 4.78 is 48.5. The lowest BCUT2D eigenvalue weighted by Gasteiger charge is -2.33. The number of anilines is 1. The molecule has 0 saturated heterocycles. The SMILES string of the molecule is FC(F)(F)Oc1ccc2c(c1)OCC21CN(C(c2ccccc2)c2ccccc2)c2ccccc21. The third-order valence-corrected chi connectivity index (χ3v) is 6.89. The van der Waals surface area contributed by atoms with Crippen molar-refractivity contribution in [3.05, 3.63) is 125 Å². The van der Waals surface area contributed by atoms with Gasteiger partial charge in [-0.1, -0.05) is 84.9 Å². The lowest BCUT2D eigenvalue weighted by molar-refractivity contribution is -0.274. The molecule has 2 aliphatic heterocycles. The van der Waals surface area contributed by atoms with Crippen LogP contribution in [0.2, 0.25) is 0 Å². The maximum absolute atomic E-state index is 12.8. The van der Waals surface area contributed by atoms with E-state index in [0.717, 1.165) is 16.8 Å². The van der Waals surface area contributed by atoms with Crippen LogP contribution in [0, 0.1) is 0 Å². The number of fused-ring (bicyclic) bond motifs is 4. The third kappa shape index (κ3) is 3.70. The molecule has 4 aromatic rings. The summed E-state index contributed by atoms with van der Waals surface area (Å²) in [6, 6.07) is 33.3. The lowest BCUT2D eigenvalue weighted by atomic mass is 9.78. The highest BCUT2D eigenvalue weighted by molar-refractivity contribution is 5.71. The smallest absolute Gasteiger partial charge is 0.492 e. The maximum atomic E-state index is 12.8. The number of alkyl halides is 3. The van der Waals surface area contributed by atoms with Gasteiger partial charge < -0.3 is 14.4 Å². The van der Waals surface area contributed by atoms with Crippen LogP contribution in [-0.2, 0) is 5.41 Å². The second-order valence-electron chi connectivity index (χ2n) is 8.95. The Morgan fingerprint density at radius 2 is 1.40 bits per heavy atom. The summed E-state index contributed by atoms with van der Waals surface area (Å²) >= 11 is 0. The van der Waals surface area contributed by atoms with Crippen molar-refractivity contribution in [1.82, 2.24) is 0 Å². The summed E-state index contributed by atoms with van der Waals surface area (Å²) in [6.07, 6.45) is -4.75. The fraction of sp³-hybridized carbons (Fsp3) is 0.172. The van der Waals surface area contributed by atoms with Crippen molar-refractivity contribution in [1.29, 1.82) is 0 Å². The van der Waals surface area contributed by atoms with Gasteiger partial charge in [0, 0.05) is 23.9 Å². The molecule has 35 heavy (non-hydrogen) atoms. The molecule has 4 aromatic carbocycles. The van der Waals surface area contributed by atoms with Crippen LogP contribution < -0.4 is 14.4 Å². The number of para-hydroxylation sites is 1. The quantitative estimate of drug-likeness (QED) is 0.323. The molecule has 1 unspecified atom stereocenters. The molecular formula is C29H22F3NO2.